The van der Waals surface area contributed by atoms with Gasteiger partial charge in [-0.25, -0.2) is 14.4 Å². The van der Waals surface area contributed by atoms with Crippen LogP contribution < -0.4 is 10.6 Å². The molecule has 0 unspecified atom stereocenters. The lowest BCUT2D eigenvalue weighted by Gasteiger charge is -2.09. The van der Waals surface area contributed by atoms with Crippen LogP contribution in [-0.2, 0) is 0 Å². The first-order valence-electron chi connectivity index (χ1n) is 7.13. The van der Waals surface area contributed by atoms with Crippen molar-refractivity contribution in [2.45, 2.75) is 0 Å². The number of nitrogens with zero attached hydrogens (tertiary/aromatic N) is 2. The van der Waals surface area contributed by atoms with Crippen molar-refractivity contribution in [3.05, 3.63) is 76.4 Å². The molecule has 0 spiro atoms. The lowest BCUT2D eigenvalue weighted by Crippen LogP contribution is -2.14. The number of halogens is 3. The predicted molar refractivity (Wildman–Crippen MR) is 96.1 cm³/mol. The largest absolute Gasteiger partial charge is 0.340 e. The number of benzene rings is 2. The normalized spacial score (nSPS) is 10.4. The molecule has 0 bridgehead atoms. The Kier molecular flexibility index (Phi) is 5.11. The van der Waals surface area contributed by atoms with Crippen LogP contribution in [0.4, 0.5) is 21.6 Å². The molecule has 1 heterocycles. The van der Waals surface area contributed by atoms with Gasteiger partial charge in [0.15, 0.2) is 0 Å². The van der Waals surface area contributed by atoms with E-state index in [1.165, 1.54) is 30.6 Å². The second-order valence-electron chi connectivity index (χ2n) is 4.98. The Morgan fingerprint density at radius 3 is 2.56 bits per heavy atom. The predicted octanol–water partition coefficient (Wildman–Crippen LogP) is 4.92. The van der Waals surface area contributed by atoms with Crippen LogP contribution in [0.2, 0.25) is 10.0 Å². The molecule has 1 aromatic heterocycles. The van der Waals surface area contributed by atoms with Crippen LogP contribution in [0.3, 0.4) is 0 Å². The van der Waals surface area contributed by atoms with Crippen LogP contribution in [0.25, 0.3) is 0 Å². The molecule has 0 aliphatic rings. The number of carbonyl (C=O) groups excluding carboxylic acids is 1. The summed E-state index contributed by atoms with van der Waals surface area (Å²) in [6.45, 7) is 0. The van der Waals surface area contributed by atoms with Crippen LogP contribution in [0, 0.1) is 5.82 Å². The highest BCUT2D eigenvalue weighted by Crippen LogP contribution is 2.23. The lowest BCUT2D eigenvalue weighted by molar-refractivity contribution is 0.102. The van der Waals surface area contributed by atoms with Crippen molar-refractivity contribution in [2.24, 2.45) is 0 Å². The minimum absolute atomic E-state index is 0.0178. The van der Waals surface area contributed by atoms with Crippen LogP contribution in [0.1, 0.15) is 10.5 Å². The molecule has 3 rings (SSSR count). The summed E-state index contributed by atoms with van der Waals surface area (Å²) in [6, 6.07) is 12.5. The molecule has 0 saturated heterocycles. The second kappa shape index (κ2) is 7.46. The van der Waals surface area contributed by atoms with E-state index < -0.39 is 11.7 Å². The fourth-order valence-corrected chi connectivity index (χ4v) is 2.38. The molecule has 2 aromatic carbocycles. The molecule has 126 valence electrons. The molecule has 0 fully saturated rings. The molecule has 3 aromatic rings. The Bertz CT molecular complexity index is 936. The van der Waals surface area contributed by atoms with E-state index in [-0.39, 0.29) is 10.7 Å². The summed E-state index contributed by atoms with van der Waals surface area (Å²) in [6.07, 6.45) is 1.25. The second-order valence-corrected chi connectivity index (χ2v) is 5.79. The maximum absolute atomic E-state index is 13.2. The number of anilines is 3. The van der Waals surface area contributed by atoms with Gasteiger partial charge in [-0.3, -0.25) is 4.79 Å². The molecular weight excluding hydrogens is 366 g/mol. The quantitative estimate of drug-likeness (QED) is 0.678. The Morgan fingerprint density at radius 1 is 1.00 bits per heavy atom. The highest BCUT2D eigenvalue weighted by molar-refractivity contribution is 6.33. The van der Waals surface area contributed by atoms with Gasteiger partial charge in [0.1, 0.15) is 23.7 Å². The summed E-state index contributed by atoms with van der Waals surface area (Å²) in [5, 5.41) is 6.01. The van der Waals surface area contributed by atoms with E-state index in [4.69, 9.17) is 23.2 Å². The Hall–Kier alpha value is -2.70. The van der Waals surface area contributed by atoms with Crippen molar-refractivity contribution in [1.29, 1.82) is 0 Å². The number of para-hydroxylation sites is 1. The number of amides is 1. The fraction of sp³-hybridized carbons (Fsp3) is 0. The first kappa shape index (κ1) is 17.1. The van der Waals surface area contributed by atoms with Gasteiger partial charge in [-0.15, -0.1) is 0 Å². The Balaban J connectivity index is 1.77. The highest BCUT2D eigenvalue weighted by atomic mass is 35.5. The van der Waals surface area contributed by atoms with Gasteiger partial charge in [0.2, 0.25) is 0 Å². The highest BCUT2D eigenvalue weighted by Gasteiger charge is 2.11. The first-order chi connectivity index (χ1) is 12.0. The van der Waals surface area contributed by atoms with Gasteiger partial charge < -0.3 is 10.6 Å². The molecule has 0 atom stereocenters. The standard InChI is InChI=1S/C17H11Cl2FN4O/c18-11-3-1-2-4-14(11)24-17(25)15-8-16(22-9-21-15)23-10-5-6-13(20)12(19)7-10/h1-9H,(H,24,25)(H,21,22,23). The number of hydrogen-bond donors (Lipinski definition) is 2. The van der Waals surface area contributed by atoms with Crippen molar-refractivity contribution in [3.63, 3.8) is 0 Å². The monoisotopic (exact) mass is 376 g/mol. The number of aromatic nitrogens is 2. The van der Waals surface area contributed by atoms with Gasteiger partial charge in [0, 0.05) is 11.8 Å². The van der Waals surface area contributed by atoms with E-state index >= 15 is 0 Å². The third kappa shape index (κ3) is 4.23. The van der Waals surface area contributed by atoms with E-state index in [1.54, 1.807) is 24.3 Å². The molecule has 25 heavy (non-hydrogen) atoms. The summed E-state index contributed by atoms with van der Waals surface area (Å²) in [5.41, 5.74) is 1.15. The molecule has 0 aliphatic heterocycles. The van der Waals surface area contributed by atoms with Crippen LogP contribution in [0.5, 0.6) is 0 Å². The topological polar surface area (TPSA) is 66.9 Å². The third-order valence-corrected chi connectivity index (χ3v) is 3.83. The van der Waals surface area contributed by atoms with Crippen LogP contribution in [-0.4, -0.2) is 15.9 Å². The van der Waals surface area contributed by atoms with Gasteiger partial charge in [0.25, 0.3) is 5.91 Å². The van der Waals surface area contributed by atoms with Gasteiger partial charge in [0.05, 0.1) is 15.7 Å². The van der Waals surface area contributed by atoms with Crippen molar-refractivity contribution in [2.75, 3.05) is 10.6 Å². The fourth-order valence-electron chi connectivity index (χ4n) is 2.02. The maximum atomic E-state index is 13.2. The van der Waals surface area contributed by atoms with Gasteiger partial charge in [-0.2, -0.15) is 0 Å². The number of rotatable bonds is 4. The number of nitrogens with one attached hydrogen (secondary N) is 2. The molecule has 1 amide bonds. The molecule has 0 aliphatic carbocycles. The molecule has 5 nitrogen and oxygen atoms in total. The maximum Gasteiger partial charge on any atom is 0.274 e. The lowest BCUT2D eigenvalue weighted by atomic mass is 10.3. The zero-order valence-corrected chi connectivity index (χ0v) is 14.1. The van der Waals surface area contributed by atoms with Gasteiger partial charge in [-0.1, -0.05) is 35.3 Å². The Morgan fingerprint density at radius 2 is 1.80 bits per heavy atom. The molecule has 0 radical (unpaired) electrons. The molecule has 2 N–H and O–H groups in total. The summed E-state index contributed by atoms with van der Waals surface area (Å²) in [5.74, 6) is -0.590. The minimum Gasteiger partial charge on any atom is -0.340 e. The van der Waals surface area contributed by atoms with Gasteiger partial charge >= 0.3 is 0 Å². The summed E-state index contributed by atoms with van der Waals surface area (Å²) >= 11 is 11.8. The average molecular weight is 377 g/mol. The van der Waals surface area contributed by atoms with E-state index in [1.807, 2.05) is 0 Å². The molecular formula is C17H11Cl2FN4O. The van der Waals surface area contributed by atoms with E-state index in [2.05, 4.69) is 20.6 Å². The van der Waals surface area contributed by atoms with Gasteiger partial charge in [-0.05, 0) is 30.3 Å². The number of hydrogen-bond acceptors (Lipinski definition) is 4. The van der Waals surface area contributed by atoms with Crippen molar-refractivity contribution < 1.29 is 9.18 Å². The smallest absolute Gasteiger partial charge is 0.274 e. The van der Waals surface area contributed by atoms with E-state index in [0.29, 0.717) is 22.2 Å². The third-order valence-electron chi connectivity index (χ3n) is 3.21. The zero-order valence-electron chi connectivity index (χ0n) is 12.6. The van der Waals surface area contributed by atoms with Crippen molar-refractivity contribution >= 4 is 46.3 Å². The Labute approximate surface area is 152 Å². The van der Waals surface area contributed by atoms with Crippen LogP contribution in [0.15, 0.2) is 54.9 Å². The van der Waals surface area contributed by atoms with Crippen LogP contribution >= 0.6 is 23.2 Å². The first-order valence-corrected chi connectivity index (χ1v) is 7.88. The van der Waals surface area contributed by atoms with Crippen molar-refractivity contribution in [3.8, 4) is 0 Å². The molecule has 8 heteroatoms. The number of carbonyl (C=O) groups is 1. The summed E-state index contributed by atoms with van der Waals surface area (Å²) in [7, 11) is 0. The average Bonchev–Trinajstić information content (AvgIpc) is 2.60. The zero-order chi connectivity index (χ0) is 17.8. The summed E-state index contributed by atoms with van der Waals surface area (Å²) < 4.78 is 13.2. The summed E-state index contributed by atoms with van der Waals surface area (Å²) in [4.78, 5) is 20.3. The minimum atomic E-state index is -0.519. The molecule has 0 saturated carbocycles. The van der Waals surface area contributed by atoms with E-state index in [9.17, 15) is 9.18 Å². The van der Waals surface area contributed by atoms with E-state index in [0.717, 1.165) is 0 Å². The SMILES string of the molecule is O=C(Nc1ccccc1Cl)c1cc(Nc2ccc(F)c(Cl)c2)ncn1. The van der Waals surface area contributed by atoms with Crippen molar-refractivity contribution in [1.82, 2.24) is 9.97 Å².